The van der Waals surface area contributed by atoms with Crippen molar-refractivity contribution in [3.8, 4) is 0 Å². The molecule has 0 saturated carbocycles. The number of nitro groups is 1. The summed E-state index contributed by atoms with van der Waals surface area (Å²) in [4.78, 5) is 23.4. The van der Waals surface area contributed by atoms with E-state index >= 15 is 0 Å². The second-order valence-electron chi connectivity index (χ2n) is 5.35. The van der Waals surface area contributed by atoms with Gasteiger partial charge in [0.15, 0.2) is 4.32 Å². The molecule has 0 spiro atoms. The summed E-state index contributed by atoms with van der Waals surface area (Å²) >= 11 is 6.41. The van der Waals surface area contributed by atoms with Gasteiger partial charge in [0, 0.05) is 12.1 Å². The van der Waals surface area contributed by atoms with Gasteiger partial charge in [0.05, 0.1) is 15.5 Å². The second kappa shape index (κ2) is 7.04. The van der Waals surface area contributed by atoms with Gasteiger partial charge in [-0.25, -0.2) is 5.01 Å². The predicted octanol–water partition coefficient (Wildman–Crippen LogP) is 4.13. The minimum atomic E-state index is -0.471. The normalized spacial score (nSPS) is 15.7. The minimum absolute atomic E-state index is 0.0259. The van der Waals surface area contributed by atoms with Crippen LogP contribution in [0, 0.1) is 17.0 Å². The molecule has 1 aliphatic rings. The molecular formula is C17H13N3O3S2. The van der Waals surface area contributed by atoms with E-state index in [1.165, 1.54) is 17.1 Å². The third kappa shape index (κ3) is 3.86. The molecule has 0 aliphatic carbocycles. The van der Waals surface area contributed by atoms with Crippen LogP contribution in [0.4, 0.5) is 11.4 Å². The average molecular weight is 371 g/mol. The predicted molar refractivity (Wildman–Crippen MR) is 103 cm³/mol. The first kappa shape index (κ1) is 17.1. The number of anilines is 1. The zero-order valence-electron chi connectivity index (χ0n) is 13.1. The molecule has 0 unspecified atom stereocenters. The fraction of sp³-hybridized carbons (Fsp3) is 0.0588. The first-order valence-corrected chi connectivity index (χ1v) is 8.52. The number of hydrazine groups is 1. The standard InChI is InChI=1S/C17H13N3O3S2/c1-11-5-7-13(8-6-11)18-19-16(21)15(25-17(19)24)10-12-3-2-4-14(9-12)20(22)23/h2-10,18H,1H3/b15-10+. The first-order chi connectivity index (χ1) is 11.9. The number of rotatable bonds is 4. The smallest absolute Gasteiger partial charge is 0.285 e. The van der Waals surface area contributed by atoms with E-state index in [0.717, 1.165) is 23.0 Å². The van der Waals surface area contributed by atoms with Crippen LogP contribution in [0.1, 0.15) is 11.1 Å². The number of thioether (sulfide) groups is 1. The molecule has 8 heteroatoms. The molecule has 1 saturated heterocycles. The number of carbonyl (C=O) groups excluding carboxylic acids is 1. The number of carbonyl (C=O) groups is 1. The Kier molecular flexibility index (Phi) is 4.82. The van der Waals surface area contributed by atoms with E-state index < -0.39 is 4.92 Å². The number of hydrogen-bond donors (Lipinski definition) is 1. The molecule has 0 radical (unpaired) electrons. The topological polar surface area (TPSA) is 75.5 Å². The zero-order chi connectivity index (χ0) is 18.0. The van der Waals surface area contributed by atoms with Crippen molar-refractivity contribution < 1.29 is 9.72 Å². The lowest BCUT2D eigenvalue weighted by Crippen LogP contribution is -2.33. The van der Waals surface area contributed by atoms with Crippen LogP contribution in [0.15, 0.2) is 53.4 Å². The first-order valence-electron chi connectivity index (χ1n) is 7.30. The van der Waals surface area contributed by atoms with Crippen LogP contribution >= 0.6 is 24.0 Å². The van der Waals surface area contributed by atoms with Crippen LogP contribution in [0.25, 0.3) is 6.08 Å². The van der Waals surface area contributed by atoms with Crippen molar-refractivity contribution in [1.82, 2.24) is 5.01 Å². The second-order valence-corrected chi connectivity index (χ2v) is 7.02. The van der Waals surface area contributed by atoms with Crippen molar-refractivity contribution in [3.05, 3.63) is 74.7 Å². The maximum Gasteiger partial charge on any atom is 0.285 e. The van der Waals surface area contributed by atoms with Gasteiger partial charge in [-0.3, -0.25) is 20.3 Å². The molecule has 25 heavy (non-hydrogen) atoms. The van der Waals surface area contributed by atoms with Gasteiger partial charge < -0.3 is 0 Å². The fourth-order valence-electron chi connectivity index (χ4n) is 2.20. The Bertz CT molecular complexity index is 894. The number of nitrogens with one attached hydrogen (secondary N) is 1. The lowest BCUT2D eigenvalue weighted by molar-refractivity contribution is -0.384. The molecule has 3 rings (SSSR count). The Morgan fingerprint density at radius 3 is 2.64 bits per heavy atom. The van der Waals surface area contributed by atoms with Gasteiger partial charge in [0.1, 0.15) is 0 Å². The highest BCUT2D eigenvalue weighted by molar-refractivity contribution is 8.26. The summed E-state index contributed by atoms with van der Waals surface area (Å²) < 4.78 is 0.377. The van der Waals surface area contributed by atoms with Crippen LogP contribution in [0.3, 0.4) is 0 Å². The maximum atomic E-state index is 12.6. The Balaban J connectivity index is 1.82. The Morgan fingerprint density at radius 2 is 1.96 bits per heavy atom. The van der Waals surface area contributed by atoms with E-state index in [4.69, 9.17) is 12.2 Å². The third-order valence-corrected chi connectivity index (χ3v) is 4.77. The van der Waals surface area contributed by atoms with E-state index in [1.54, 1.807) is 18.2 Å². The van der Waals surface area contributed by atoms with Crippen molar-refractivity contribution in [1.29, 1.82) is 0 Å². The number of benzene rings is 2. The van der Waals surface area contributed by atoms with Crippen molar-refractivity contribution in [2.75, 3.05) is 5.43 Å². The number of amides is 1. The number of hydrogen-bond acceptors (Lipinski definition) is 6. The number of non-ortho nitro benzene ring substituents is 1. The lowest BCUT2D eigenvalue weighted by Gasteiger charge is -2.17. The number of nitro benzene ring substituents is 1. The highest BCUT2D eigenvalue weighted by atomic mass is 32.2. The van der Waals surface area contributed by atoms with Crippen molar-refractivity contribution in [3.63, 3.8) is 0 Å². The molecule has 0 bridgehead atoms. The van der Waals surface area contributed by atoms with Crippen molar-refractivity contribution in [2.24, 2.45) is 0 Å². The largest absolute Gasteiger partial charge is 0.290 e. The molecule has 1 aliphatic heterocycles. The van der Waals surface area contributed by atoms with Crippen LogP contribution in [0.2, 0.25) is 0 Å². The molecule has 2 aromatic carbocycles. The van der Waals surface area contributed by atoms with Gasteiger partial charge in [-0.2, -0.15) is 0 Å². The van der Waals surface area contributed by atoms with Gasteiger partial charge >= 0.3 is 0 Å². The molecular weight excluding hydrogens is 358 g/mol. The zero-order valence-corrected chi connectivity index (χ0v) is 14.8. The number of thiocarbonyl (C=S) groups is 1. The molecule has 0 atom stereocenters. The quantitative estimate of drug-likeness (QED) is 0.377. The van der Waals surface area contributed by atoms with Gasteiger partial charge in [-0.1, -0.05) is 41.6 Å². The van der Waals surface area contributed by atoms with Gasteiger partial charge in [0.25, 0.3) is 11.6 Å². The van der Waals surface area contributed by atoms with E-state index in [2.05, 4.69) is 5.43 Å². The molecule has 0 aromatic heterocycles. The molecule has 1 heterocycles. The minimum Gasteiger partial charge on any atom is -0.290 e. The summed E-state index contributed by atoms with van der Waals surface area (Å²) in [5, 5.41) is 12.2. The molecule has 1 N–H and O–H groups in total. The van der Waals surface area contributed by atoms with E-state index in [1.807, 2.05) is 31.2 Å². The molecule has 126 valence electrons. The lowest BCUT2D eigenvalue weighted by atomic mass is 10.2. The van der Waals surface area contributed by atoms with Crippen LogP contribution in [-0.2, 0) is 4.79 Å². The van der Waals surface area contributed by atoms with E-state index in [-0.39, 0.29) is 11.6 Å². The van der Waals surface area contributed by atoms with E-state index in [0.29, 0.717) is 14.8 Å². The van der Waals surface area contributed by atoms with Gasteiger partial charge in [-0.05, 0) is 42.9 Å². The average Bonchev–Trinajstić information content (AvgIpc) is 2.84. The third-order valence-electron chi connectivity index (χ3n) is 3.46. The Hall–Kier alpha value is -2.71. The summed E-state index contributed by atoms with van der Waals surface area (Å²) in [6.07, 6.45) is 1.60. The van der Waals surface area contributed by atoms with Crippen LogP contribution < -0.4 is 5.43 Å². The molecule has 6 nitrogen and oxygen atoms in total. The monoisotopic (exact) mass is 371 g/mol. The molecule has 1 fully saturated rings. The number of aryl methyl sites for hydroxylation is 1. The SMILES string of the molecule is Cc1ccc(NN2C(=O)/C(=C\c3cccc([N+](=O)[O-])c3)SC2=S)cc1. The fourth-order valence-corrected chi connectivity index (χ4v) is 3.38. The Morgan fingerprint density at radius 1 is 1.24 bits per heavy atom. The van der Waals surface area contributed by atoms with Crippen molar-refractivity contribution >= 4 is 51.7 Å². The van der Waals surface area contributed by atoms with Crippen molar-refractivity contribution in [2.45, 2.75) is 6.92 Å². The summed E-state index contributed by atoms with van der Waals surface area (Å²) in [5.74, 6) is -0.290. The summed E-state index contributed by atoms with van der Waals surface area (Å²) in [6, 6.07) is 13.7. The highest BCUT2D eigenvalue weighted by Crippen LogP contribution is 2.33. The summed E-state index contributed by atoms with van der Waals surface area (Å²) in [7, 11) is 0. The number of nitrogens with zero attached hydrogens (tertiary/aromatic N) is 2. The van der Waals surface area contributed by atoms with Crippen LogP contribution in [0.5, 0.6) is 0 Å². The maximum absolute atomic E-state index is 12.6. The van der Waals surface area contributed by atoms with Crippen LogP contribution in [-0.4, -0.2) is 20.2 Å². The van der Waals surface area contributed by atoms with Gasteiger partial charge in [-0.15, -0.1) is 0 Å². The highest BCUT2D eigenvalue weighted by Gasteiger charge is 2.32. The summed E-state index contributed by atoms with van der Waals surface area (Å²) in [5.41, 5.74) is 5.39. The molecule has 1 amide bonds. The Labute approximate surface area is 153 Å². The molecule has 2 aromatic rings. The van der Waals surface area contributed by atoms with Gasteiger partial charge in [0.2, 0.25) is 0 Å². The van der Waals surface area contributed by atoms with E-state index in [9.17, 15) is 14.9 Å². The summed E-state index contributed by atoms with van der Waals surface area (Å²) in [6.45, 7) is 1.98.